The van der Waals surface area contributed by atoms with Crippen molar-refractivity contribution in [3.63, 3.8) is 0 Å². The summed E-state index contributed by atoms with van der Waals surface area (Å²) in [5, 5.41) is 8.47. The standard InChI is InChI=1S/C18H16FN3O2/c19-14-6-1-12(2-7-14)4-9-17-20-15-8-3-13(11-16(15)21-17)5-10-18(23)22-24/h1-3,5-8,10-11,24H,4,9H2,(H,20,21)(H,22,23)/b10-5+. The fraction of sp³-hybridized carbons (Fsp3) is 0.111. The number of aryl methyl sites for hydroxylation is 2. The van der Waals surface area contributed by atoms with Crippen LogP contribution in [0.2, 0.25) is 0 Å². The second-order valence-electron chi connectivity index (χ2n) is 5.40. The Balaban J connectivity index is 1.72. The van der Waals surface area contributed by atoms with Crippen molar-refractivity contribution in [2.45, 2.75) is 12.8 Å². The van der Waals surface area contributed by atoms with E-state index in [2.05, 4.69) is 9.97 Å². The number of aromatic amines is 1. The van der Waals surface area contributed by atoms with E-state index in [1.165, 1.54) is 18.2 Å². The average Bonchev–Trinajstić information content (AvgIpc) is 3.01. The molecular formula is C18H16FN3O2. The Morgan fingerprint density at radius 2 is 2.00 bits per heavy atom. The first-order chi connectivity index (χ1) is 11.6. The molecule has 1 aromatic heterocycles. The quantitative estimate of drug-likeness (QED) is 0.383. The van der Waals surface area contributed by atoms with Crippen molar-refractivity contribution < 1.29 is 14.4 Å². The lowest BCUT2D eigenvalue weighted by molar-refractivity contribution is -0.124. The summed E-state index contributed by atoms with van der Waals surface area (Å²) in [6.45, 7) is 0. The number of imidazole rings is 1. The number of amides is 1. The van der Waals surface area contributed by atoms with Crippen LogP contribution in [0.3, 0.4) is 0 Å². The molecule has 0 aliphatic rings. The topological polar surface area (TPSA) is 78.0 Å². The maximum absolute atomic E-state index is 12.9. The largest absolute Gasteiger partial charge is 0.342 e. The lowest BCUT2D eigenvalue weighted by Crippen LogP contribution is -2.14. The van der Waals surface area contributed by atoms with Crippen molar-refractivity contribution in [1.29, 1.82) is 0 Å². The molecule has 0 saturated heterocycles. The van der Waals surface area contributed by atoms with Crippen LogP contribution in [0.15, 0.2) is 48.5 Å². The molecule has 3 rings (SSSR count). The minimum atomic E-state index is -0.584. The summed E-state index contributed by atoms with van der Waals surface area (Å²) in [4.78, 5) is 18.8. The summed E-state index contributed by atoms with van der Waals surface area (Å²) >= 11 is 0. The SMILES string of the molecule is O=C(/C=C/c1ccc2nc(CCc3ccc(F)cc3)[nH]c2c1)NO. The van der Waals surface area contributed by atoms with Crippen LogP contribution in [0, 0.1) is 5.82 Å². The molecule has 24 heavy (non-hydrogen) atoms. The van der Waals surface area contributed by atoms with Crippen molar-refractivity contribution in [1.82, 2.24) is 15.4 Å². The molecule has 0 atom stereocenters. The molecule has 0 aliphatic heterocycles. The number of nitrogens with zero attached hydrogens (tertiary/aromatic N) is 1. The highest BCUT2D eigenvalue weighted by atomic mass is 19.1. The van der Waals surface area contributed by atoms with Gasteiger partial charge in [0.2, 0.25) is 0 Å². The van der Waals surface area contributed by atoms with E-state index in [4.69, 9.17) is 5.21 Å². The minimum Gasteiger partial charge on any atom is -0.342 e. The summed E-state index contributed by atoms with van der Waals surface area (Å²) in [6, 6.07) is 12.0. The van der Waals surface area contributed by atoms with Gasteiger partial charge in [0.25, 0.3) is 5.91 Å². The van der Waals surface area contributed by atoms with E-state index >= 15 is 0 Å². The van der Waals surface area contributed by atoms with Crippen LogP contribution < -0.4 is 5.48 Å². The Bertz CT molecular complexity index is 885. The maximum Gasteiger partial charge on any atom is 0.267 e. The van der Waals surface area contributed by atoms with Crippen LogP contribution in [-0.4, -0.2) is 21.1 Å². The summed E-state index contributed by atoms with van der Waals surface area (Å²) in [5.74, 6) is 0.0289. The van der Waals surface area contributed by atoms with Gasteiger partial charge in [0.1, 0.15) is 11.6 Å². The van der Waals surface area contributed by atoms with E-state index < -0.39 is 5.91 Å². The Kier molecular flexibility index (Phi) is 4.67. The molecule has 1 amide bonds. The van der Waals surface area contributed by atoms with Gasteiger partial charge in [-0.25, -0.2) is 14.9 Å². The van der Waals surface area contributed by atoms with Crippen LogP contribution in [0.25, 0.3) is 17.1 Å². The normalized spacial score (nSPS) is 11.2. The number of carbonyl (C=O) groups excluding carboxylic acids is 1. The molecule has 3 aromatic rings. The molecule has 0 fully saturated rings. The van der Waals surface area contributed by atoms with Gasteiger partial charge in [0, 0.05) is 12.5 Å². The molecule has 3 N–H and O–H groups in total. The third kappa shape index (κ3) is 3.85. The van der Waals surface area contributed by atoms with Crippen molar-refractivity contribution in [3.8, 4) is 0 Å². The van der Waals surface area contributed by atoms with Gasteiger partial charge in [-0.05, 0) is 47.9 Å². The predicted molar refractivity (Wildman–Crippen MR) is 88.9 cm³/mol. The lowest BCUT2D eigenvalue weighted by atomic mass is 10.1. The van der Waals surface area contributed by atoms with E-state index in [0.717, 1.165) is 40.8 Å². The highest BCUT2D eigenvalue weighted by molar-refractivity contribution is 5.91. The van der Waals surface area contributed by atoms with Crippen molar-refractivity contribution in [2.24, 2.45) is 0 Å². The van der Waals surface area contributed by atoms with Gasteiger partial charge in [-0.2, -0.15) is 0 Å². The van der Waals surface area contributed by atoms with Crippen molar-refractivity contribution in [3.05, 3.63) is 71.3 Å². The smallest absolute Gasteiger partial charge is 0.267 e. The Labute approximate surface area is 137 Å². The number of H-pyrrole nitrogens is 1. The second-order valence-corrected chi connectivity index (χ2v) is 5.40. The molecule has 0 bridgehead atoms. The third-order valence-electron chi connectivity index (χ3n) is 3.66. The number of hydrogen-bond acceptors (Lipinski definition) is 3. The van der Waals surface area contributed by atoms with Gasteiger partial charge in [-0.15, -0.1) is 0 Å². The first-order valence-electron chi connectivity index (χ1n) is 7.49. The highest BCUT2D eigenvalue weighted by Crippen LogP contribution is 2.16. The van der Waals surface area contributed by atoms with E-state index in [0.29, 0.717) is 0 Å². The van der Waals surface area contributed by atoms with Crippen molar-refractivity contribution >= 4 is 23.0 Å². The molecule has 122 valence electrons. The molecule has 6 heteroatoms. The number of rotatable bonds is 5. The van der Waals surface area contributed by atoms with Gasteiger partial charge in [-0.1, -0.05) is 18.2 Å². The fourth-order valence-electron chi connectivity index (χ4n) is 2.43. The molecule has 0 unspecified atom stereocenters. The zero-order chi connectivity index (χ0) is 16.9. The highest BCUT2D eigenvalue weighted by Gasteiger charge is 2.04. The fourth-order valence-corrected chi connectivity index (χ4v) is 2.43. The number of benzene rings is 2. The van der Waals surface area contributed by atoms with Gasteiger partial charge >= 0.3 is 0 Å². The number of fused-ring (bicyclic) bond motifs is 1. The van der Waals surface area contributed by atoms with E-state index in [1.807, 2.05) is 18.2 Å². The molecule has 0 saturated carbocycles. The third-order valence-corrected chi connectivity index (χ3v) is 3.66. The van der Waals surface area contributed by atoms with Gasteiger partial charge in [-0.3, -0.25) is 10.0 Å². The van der Waals surface area contributed by atoms with Crippen molar-refractivity contribution in [2.75, 3.05) is 0 Å². The number of carbonyl (C=O) groups is 1. The number of aromatic nitrogens is 2. The summed E-state index contributed by atoms with van der Waals surface area (Å²) in [7, 11) is 0. The van der Waals surface area contributed by atoms with Gasteiger partial charge in [0.05, 0.1) is 11.0 Å². The van der Waals surface area contributed by atoms with Crippen LogP contribution in [0.4, 0.5) is 4.39 Å². The van der Waals surface area contributed by atoms with E-state index in [1.54, 1.807) is 23.7 Å². The van der Waals surface area contributed by atoms with Crippen LogP contribution in [0.5, 0.6) is 0 Å². The van der Waals surface area contributed by atoms with Crippen LogP contribution in [-0.2, 0) is 17.6 Å². The number of hydrogen-bond donors (Lipinski definition) is 3. The van der Waals surface area contributed by atoms with E-state index in [-0.39, 0.29) is 5.82 Å². The minimum absolute atomic E-state index is 0.238. The zero-order valence-electron chi connectivity index (χ0n) is 12.8. The molecule has 2 aromatic carbocycles. The number of hydroxylamine groups is 1. The zero-order valence-corrected chi connectivity index (χ0v) is 12.8. The first-order valence-corrected chi connectivity index (χ1v) is 7.49. The number of nitrogens with one attached hydrogen (secondary N) is 2. The summed E-state index contributed by atoms with van der Waals surface area (Å²) in [6.07, 6.45) is 4.33. The Morgan fingerprint density at radius 3 is 2.75 bits per heavy atom. The second kappa shape index (κ2) is 7.06. The average molecular weight is 325 g/mol. The summed E-state index contributed by atoms with van der Waals surface area (Å²) in [5.41, 5.74) is 5.13. The molecule has 0 spiro atoms. The monoisotopic (exact) mass is 325 g/mol. The molecule has 1 heterocycles. The molecule has 5 nitrogen and oxygen atoms in total. The molecular weight excluding hydrogens is 309 g/mol. The van der Waals surface area contributed by atoms with Gasteiger partial charge in [0.15, 0.2) is 0 Å². The van der Waals surface area contributed by atoms with Crippen LogP contribution in [0.1, 0.15) is 17.0 Å². The number of halogens is 1. The Hall–Kier alpha value is -2.99. The lowest BCUT2D eigenvalue weighted by Gasteiger charge is -1.98. The molecule has 0 radical (unpaired) electrons. The van der Waals surface area contributed by atoms with Gasteiger partial charge < -0.3 is 4.98 Å². The van der Waals surface area contributed by atoms with Crippen LogP contribution >= 0.6 is 0 Å². The molecule has 0 aliphatic carbocycles. The Morgan fingerprint density at radius 1 is 1.21 bits per heavy atom. The maximum atomic E-state index is 12.9. The summed E-state index contributed by atoms with van der Waals surface area (Å²) < 4.78 is 12.9. The van der Waals surface area contributed by atoms with E-state index in [9.17, 15) is 9.18 Å². The predicted octanol–water partition coefficient (Wildman–Crippen LogP) is 3.01. The first kappa shape index (κ1) is 15.9.